The monoisotopic (exact) mass is 378 g/mol. The smallest absolute Gasteiger partial charge is 0.336 e. The second-order valence-electron chi connectivity index (χ2n) is 6.57. The van der Waals surface area contributed by atoms with Gasteiger partial charge in [-0.2, -0.15) is 0 Å². The quantitative estimate of drug-likeness (QED) is 0.705. The van der Waals surface area contributed by atoms with Crippen LogP contribution in [0.4, 0.5) is 11.4 Å². The zero-order valence-corrected chi connectivity index (χ0v) is 15.2. The molecule has 2 heterocycles. The third-order valence-corrected chi connectivity index (χ3v) is 4.76. The van der Waals surface area contributed by atoms with Crippen molar-refractivity contribution >= 4 is 34.2 Å². The largest absolute Gasteiger partial charge is 0.495 e. The molecule has 142 valence electrons. The van der Waals surface area contributed by atoms with Gasteiger partial charge in [0.2, 0.25) is 11.8 Å². The Hall–Kier alpha value is -3.61. The van der Waals surface area contributed by atoms with Gasteiger partial charge in [-0.15, -0.1) is 0 Å². The Morgan fingerprint density at radius 2 is 1.96 bits per heavy atom. The topological polar surface area (TPSA) is 88.8 Å². The summed E-state index contributed by atoms with van der Waals surface area (Å²) in [6.45, 7) is 0.285. The van der Waals surface area contributed by atoms with Crippen LogP contribution >= 0.6 is 0 Å². The summed E-state index contributed by atoms with van der Waals surface area (Å²) in [4.78, 5) is 38.0. The first-order valence-electron chi connectivity index (χ1n) is 8.83. The van der Waals surface area contributed by atoms with E-state index in [1.165, 1.54) is 6.07 Å². The summed E-state index contributed by atoms with van der Waals surface area (Å²) < 4.78 is 10.4. The predicted octanol–water partition coefficient (Wildman–Crippen LogP) is 2.79. The van der Waals surface area contributed by atoms with E-state index in [0.717, 1.165) is 0 Å². The van der Waals surface area contributed by atoms with Crippen molar-refractivity contribution < 1.29 is 18.7 Å². The molecule has 0 bridgehead atoms. The number of carbonyl (C=O) groups excluding carboxylic acids is 2. The minimum Gasteiger partial charge on any atom is -0.495 e. The number of fused-ring (bicyclic) bond motifs is 1. The summed E-state index contributed by atoms with van der Waals surface area (Å²) in [6, 6.07) is 15.2. The van der Waals surface area contributed by atoms with Gasteiger partial charge in [0, 0.05) is 30.1 Å². The average molecular weight is 378 g/mol. The SMILES string of the molecule is COc1ccccc1N1CC(C(=O)Nc2ccc3oc(=O)ccc3c2)CC1=O. The van der Waals surface area contributed by atoms with Crippen molar-refractivity contribution in [1.29, 1.82) is 0 Å². The zero-order chi connectivity index (χ0) is 19.7. The Labute approximate surface area is 160 Å². The minimum absolute atomic E-state index is 0.120. The third kappa shape index (κ3) is 3.34. The minimum atomic E-state index is -0.471. The summed E-state index contributed by atoms with van der Waals surface area (Å²) in [5, 5.41) is 3.55. The van der Waals surface area contributed by atoms with Gasteiger partial charge in [0.15, 0.2) is 0 Å². The Morgan fingerprint density at radius 1 is 1.14 bits per heavy atom. The average Bonchev–Trinajstić information content (AvgIpc) is 3.09. The van der Waals surface area contributed by atoms with Crippen molar-refractivity contribution in [3.63, 3.8) is 0 Å². The number of hydrogen-bond donors (Lipinski definition) is 1. The van der Waals surface area contributed by atoms with Gasteiger partial charge in [-0.1, -0.05) is 12.1 Å². The van der Waals surface area contributed by atoms with Gasteiger partial charge in [-0.05, 0) is 36.4 Å². The van der Waals surface area contributed by atoms with Crippen LogP contribution in [-0.4, -0.2) is 25.5 Å². The molecule has 1 fully saturated rings. The summed E-state index contributed by atoms with van der Waals surface area (Å²) >= 11 is 0. The summed E-state index contributed by atoms with van der Waals surface area (Å²) in [7, 11) is 1.55. The van der Waals surface area contributed by atoms with Crippen LogP contribution in [0.15, 0.2) is 63.8 Å². The van der Waals surface area contributed by atoms with Crippen LogP contribution in [0.2, 0.25) is 0 Å². The van der Waals surface area contributed by atoms with E-state index in [2.05, 4.69) is 5.32 Å². The normalized spacial score (nSPS) is 16.4. The van der Waals surface area contributed by atoms with E-state index in [-0.39, 0.29) is 24.8 Å². The zero-order valence-electron chi connectivity index (χ0n) is 15.2. The molecule has 1 aliphatic rings. The molecule has 0 radical (unpaired) electrons. The van der Waals surface area contributed by atoms with E-state index in [4.69, 9.17) is 9.15 Å². The lowest BCUT2D eigenvalue weighted by atomic mass is 10.1. The van der Waals surface area contributed by atoms with E-state index in [1.54, 1.807) is 48.4 Å². The van der Waals surface area contributed by atoms with Crippen LogP contribution in [0.25, 0.3) is 11.0 Å². The molecule has 1 unspecified atom stereocenters. The fraction of sp³-hybridized carbons (Fsp3) is 0.190. The Bertz CT molecular complexity index is 1120. The van der Waals surface area contributed by atoms with E-state index < -0.39 is 11.5 Å². The first-order chi connectivity index (χ1) is 13.5. The second-order valence-corrected chi connectivity index (χ2v) is 6.57. The maximum atomic E-state index is 12.7. The highest BCUT2D eigenvalue weighted by Crippen LogP contribution is 2.33. The number of hydrogen-bond acceptors (Lipinski definition) is 5. The molecule has 1 aliphatic heterocycles. The lowest BCUT2D eigenvalue weighted by molar-refractivity contribution is -0.122. The standard InChI is InChI=1S/C21H18N2O5/c1-27-18-5-3-2-4-16(18)23-12-14(11-19(23)24)21(26)22-15-7-8-17-13(10-15)6-9-20(25)28-17/h2-10,14H,11-12H2,1H3,(H,22,26). The van der Waals surface area contributed by atoms with Crippen molar-refractivity contribution in [3.8, 4) is 5.75 Å². The highest BCUT2D eigenvalue weighted by Gasteiger charge is 2.36. The van der Waals surface area contributed by atoms with Crippen LogP contribution in [0.3, 0.4) is 0 Å². The van der Waals surface area contributed by atoms with Gasteiger partial charge >= 0.3 is 5.63 Å². The molecule has 28 heavy (non-hydrogen) atoms. The van der Waals surface area contributed by atoms with Crippen molar-refractivity contribution in [3.05, 3.63) is 65.0 Å². The molecule has 1 aromatic heterocycles. The molecule has 7 nitrogen and oxygen atoms in total. The Kier molecular flexibility index (Phi) is 4.57. The lowest BCUT2D eigenvalue weighted by Crippen LogP contribution is -2.28. The van der Waals surface area contributed by atoms with E-state index in [1.807, 2.05) is 12.1 Å². The number of anilines is 2. The molecule has 4 rings (SSSR count). The van der Waals surface area contributed by atoms with E-state index in [9.17, 15) is 14.4 Å². The maximum Gasteiger partial charge on any atom is 0.336 e. The van der Waals surface area contributed by atoms with Gasteiger partial charge in [0.05, 0.1) is 18.7 Å². The van der Waals surface area contributed by atoms with Crippen molar-refractivity contribution in [1.82, 2.24) is 0 Å². The van der Waals surface area contributed by atoms with Crippen molar-refractivity contribution in [2.75, 3.05) is 23.9 Å². The third-order valence-electron chi connectivity index (χ3n) is 4.76. The van der Waals surface area contributed by atoms with Gasteiger partial charge in [0.25, 0.3) is 0 Å². The van der Waals surface area contributed by atoms with Crippen LogP contribution < -0.4 is 20.6 Å². The number of nitrogens with one attached hydrogen (secondary N) is 1. The highest BCUT2D eigenvalue weighted by atomic mass is 16.5. The first-order valence-corrected chi connectivity index (χ1v) is 8.83. The number of benzene rings is 2. The van der Waals surface area contributed by atoms with Crippen molar-refractivity contribution in [2.24, 2.45) is 5.92 Å². The van der Waals surface area contributed by atoms with E-state index in [0.29, 0.717) is 28.1 Å². The molecule has 7 heteroatoms. The Morgan fingerprint density at radius 3 is 2.79 bits per heavy atom. The highest BCUT2D eigenvalue weighted by molar-refractivity contribution is 6.04. The molecule has 0 aliphatic carbocycles. The van der Waals surface area contributed by atoms with Crippen LogP contribution in [0, 0.1) is 5.92 Å². The number of nitrogens with zero attached hydrogens (tertiary/aromatic N) is 1. The molecule has 2 amide bonds. The lowest BCUT2D eigenvalue weighted by Gasteiger charge is -2.19. The van der Waals surface area contributed by atoms with Crippen LogP contribution in [0.5, 0.6) is 5.75 Å². The maximum absolute atomic E-state index is 12.7. The summed E-state index contributed by atoms with van der Waals surface area (Å²) in [5.41, 5.74) is 1.26. The van der Waals surface area contributed by atoms with Gasteiger partial charge < -0.3 is 19.4 Å². The molecular formula is C21H18N2O5. The molecule has 0 saturated carbocycles. The fourth-order valence-corrected chi connectivity index (χ4v) is 3.36. The van der Waals surface area contributed by atoms with Crippen LogP contribution in [0.1, 0.15) is 6.42 Å². The second kappa shape index (κ2) is 7.19. The fourth-order valence-electron chi connectivity index (χ4n) is 3.36. The first kappa shape index (κ1) is 17.8. The van der Waals surface area contributed by atoms with Gasteiger partial charge in [-0.3, -0.25) is 9.59 Å². The number of ether oxygens (including phenoxy) is 1. The number of methoxy groups -OCH3 is 1. The number of para-hydroxylation sites is 2. The number of rotatable bonds is 4. The van der Waals surface area contributed by atoms with Crippen molar-refractivity contribution in [2.45, 2.75) is 6.42 Å². The molecular weight excluding hydrogens is 360 g/mol. The predicted molar refractivity (Wildman–Crippen MR) is 105 cm³/mol. The molecule has 1 atom stereocenters. The summed E-state index contributed by atoms with van der Waals surface area (Å²) in [5.74, 6) is -0.234. The van der Waals surface area contributed by atoms with Gasteiger partial charge in [0.1, 0.15) is 11.3 Å². The number of carbonyl (C=O) groups is 2. The van der Waals surface area contributed by atoms with E-state index >= 15 is 0 Å². The Balaban J connectivity index is 1.51. The molecule has 1 saturated heterocycles. The summed E-state index contributed by atoms with van der Waals surface area (Å²) in [6.07, 6.45) is 0.131. The van der Waals surface area contributed by atoms with Gasteiger partial charge in [-0.25, -0.2) is 4.79 Å². The molecule has 0 spiro atoms. The molecule has 3 aromatic rings. The number of amides is 2. The van der Waals surface area contributed by atoms with Crippen LogP contribution in [-0.2, 0) is 9.59 Å². The molecule has 1 N–H and O–H groups in total. The molecule has 2 aromatic carbocycles.